The lowest BCUT2D eigenvalue weighted by Crippen LogP contribution is -2.26. The van der Waals surface area contributed by atoms with Crippen molar-refractivity contribution in [3.63, 3.8) is 0 Å². The van der Waals surface area contributed by atoms with E-state index < -0.39 is 18.0 Å². The topological polar surface area (TPSA) is 87.9 Å². The van der Waals surface area contributed by atoms with Gasteiger partial charge in [0, 0.05) is 11.1 Å². The molecule has 1 amide bonds. The highest BCUT2D eigenvalue weighted by Gasteiger charge is 2.24. The second-order valence-electron chi connectivity index (χ2n) is 5.46. The average Bonchev–Trinajstić information content (AvgIpc) is 2.65. The number of esters is 1. The number of allylic oxidation sites excluding steroid dienone is 1. The number of methoxy groups -OCH3 is 2. The van der Waals surface area contributed by atoms with Gasteiger partial charge in [-0.1, -0.05) is 36.4 Å². The predicted molar refractivity (Wildman–Crippen MR) is 97.2 cm³/mol. The van der Waals surface area contributed by atoms with E-state index in [1.54, 1.807) is 42.5 Å². The Balaban J connectivity index is 2.37. The van der Waals surface area contributed by atoms with Crippen LogP contribution in [0.5, 0.6) is 11.5 Å². The van der Waals surface area contributed by atoms with Crippen molar-refractivity contribution in [2.75, 3.05) is 14.2 Å². The molecule has 0 spiro atoms. The van der Waals surface area contributed by atoms with Gasteiger partial charge in [0.25, 0.3) is 5.91 Å². The Morgan fingerprint density at radius 1 is 1.15 bits per heavy atom. The van der Waals surface area contributed by atoms with Gasteiger partial charge in [0.2, 0.25) is 6.10 Å². The van der Waals surface area contributed by atoms with Crippen molar-refractivity contribution in [1.29, 1.82) is 0 Å². The maximum absolute atomic E-state index is 12.6. The maximum Gasteiger partial charge on any atom is 0.339 e. The monoisotopic (exact) mass is 355 g/mol. The van der Waals surface area contributed by atoms with Gasteiger partial charge in [-0.3, -0.25) is 4.79 Å². The molecule has 0 heterocycles. The number of carbonyl (C=O) groups is 2. The third-order valence-electron chi connectivity index (χ3n) is 3.74. The van der Waals surface area contributed by atoms with Crippen LogP contribution < -0.4 is 15.2 Å². The fraction of sp³-hybridized carbons (Fsp3) is 0.200. The molecule has 2 rings (SSSR count). The van der Waals surface area contributed by atoms with Crippen LogP contribution >= 0.6 is 0 Å². The van der Waals surface area contributed by atoms with Crippen molar-refractivity contribution in [3.8, 4) is 11.5 Å². The fourth-order valence-corrected chi connectivity index (χ4v) is 2.56. The van der Waals surface area contributed by atoms with Gasteiger partial charge in [0.1, 0.15) is 0 Å². The highest BCUT2D eigenvalue weighted by molar-refractivity contribution is 5.93. The van der Waals surface area contributed by atoms with Gasteiger partial charge in [-0.05, 0) is 18.6 Å². The normalized spacial score (nSPS) is 11.3. The molecule has 0 fully saturated rings. The smallest absolute Gasteiger partial charge is 0.339 e. The van der Waals surface area contributed by atoms with Crippen LogP contribution in [0.1, 0.15) is 27.6 Å². The molecular formula is C20H21NO5. The number of rotatable bonds is 8. The number of nitrogens with two attached hydrogens (primary N) is 1. The second-order valence-corrected chi connectivity index (χ2v) is 5.46. The van der Waals surface area contributed by atoms with E-state index in [9.17, 15) is 9.59 Å². The molecule has 0 saturated carbocycles. The van der Waals surface area contributed by atoms with E-state index in [-0.39, 0.29) is 5.56 Å². The van der Waals surface area contributed by atoms with Crippen molar-refractivity contribution in [1.82, 2.24) is 0 Å². The number of amides is 1. The Hall–Kier alpha value is -3.28. The minimum atomic E-state index is -1.18. The molecule has 2 aromatic rings. The zero-order valence-electron chi connectivity index (χ0n) is 14.7. The second kappa shape index (κ2) is 8.71. The van der Waals surface area contributed by atoms with Gasteiger partial charge in [-0.25, -0.2) is 4.79 Å². The van der Waals surface area contributed by atoms with Crippen LogP contribution in [0.15, 0.2) is 55.1 Å². The lowest BCUT2D eigenvalue weighted by Gasteiger charge is -2.17. The molecule has 0 aromatic heterocycles. The van der Waals surface area contributed by atoms with Gasteiger partial charge in [-0.15, -0.1) is 6.58 Å². The maximum atomic E-state index is 12.6. The number of hydrogen-bond acceptors (Lipinski definition) is 5. The molecule has 6 nitrogen and oxygen atoms in total. The van der Waals surface area contributed by atoms with Crippen molar-refractivity contribution < 1.29 is 23.8 Å². The van der Waals surface area contributed by atoms with Gasteiger partial charge in [0.05, 0.1) is 19.8 Å². The van der Waals surface area contributed by atoms with E-state index >= 15 is 0 Å². The molecule has 0 unspecified atom stereocenters. The largest absolute Gasteiger partial charge is 0.493 e. The van der Waals surface area contributed by atoms with E-state index in [0.717, 1.165) is 0 Å². The van der Waals surface area contributed by atoms with Crippen LogP contribution in [-0.2, 0) is 16.0 Å². The summed E-state index contributed by atoms with van der Waals surface area (Å²) >= 11 is 0. The third-order valence-corrected chi connectivity index (χ3v) is 3.74. The summed E-state index contributed by atoms with van der Waals surface area (Å²) in [5.74, 6) is -0.548. The first-order chi connectivity index (χ1) is 12.5. The standard InChI is InChI=1S/C20H21NO5/c1-4-8-14-11-15(12-16(24-2)17(14)25-3)20(23)26-18(19(21)22)13-9-6-5-7-10-13/h4-7,9-12,18H,1,8H2,2-3H3,(H2,21,22)/t18-/m0/s1. The molecule has 6 heteroatoms. The number of benzene rings is 2. The van der Waals surface area contributed by atoms with Crippen LogP contribution in [0, 0.1) is 0 Å². The first-order valence-corrected chi connectivity index (χ1v) is 7.92. The van der Waals surface area contributed by atoms with Crippen LogP contribution in [0.4, 0.5) is 0 Å². The Bertz CT molecular complexity index is 801. The van der Waals surface area contributed by atoms with Gasteiger partial charge >= 0.3 is 5.97 Å². The summed E-state index contributed by atoms with van der Waals surface area (Å²) < 4.78 is 16.0. The number of primary amides is 1. The number of hydrogen-bond donors (Lipinski definition) is 1. The highest BCUT2D eigenvalue weighted by atomic mass is 16.5. The molecule has 2 aromatic carbocycles. The van der Waals surface area contributed by atoms with E-state index in [1.807, 2.05) is 0 Å². The predicted octanol–water partition coefficient (Wildman–Crippen LogP) is 2.82. The van der Waals surface area contributed by atoms with E-state index in [4.69, 9.17) is 19.9 Å². The summed E-state index contributed by atoms with van der Waals surface area (Å²) in [4.78, 5) is 24.4. The van der Waals surface area contributed by atoms with Crippen molar-refractivity contribution >= 4 is 11.9 Å². The summed E-state index contributed by atoms with van der Waals surface area (Å²) in [6.07, 6.45) is 0.973. The van der Waals surface area contributed by atoms with Gasteiger partial charge in [0.15, 0.2) is 11.5 Å². The minimum absolute atomic E-state index is 0.224. The first kappa shape index (κ1) is 19.1. The molecule has 0 bridgehead atoms. The molecule has 1 atom stereocenters. The van der Waals surface area contributed by atoms with Gasteiger partial charge in [-0.2, -0.15) is 0 Å². The molecule has 2 N–H and O–H groups in total. The molecule has 0 saturated heterocycles. The Morgan fingerprint density at radius 2 is 1.85 bits per heavy atom. The minimum Gasteiger partial charge on any atom is -0.493 e. The Kier molecular flexibility index (Phi) is 6.38. The molecular weight excluding hydrogens is 334 g/mol. The fourth-order valence-electron chi connectivity index (χ4n) is 2.56. The third kappa shape index (κ3) is 4.22. The van der Waals surface area contributed by atoms with E-state index in [0.29, 0.717) is 29.0 Å². The molecule has 0 aliphatic carbocycles. The quantitative estimate of drug-likeness (QED) is 0.581. The van der Waals surface area contributed by atoms with Crippen molar-refractivity contribution in [2.45, 2.75) is 12.5 Å². The lowest BCUT2D eigenvalue weighted by atomic mass is 10.0. The van der Waals surface area contributed by atoms with Crippen LogP contribution in [0.3, 0.4) is 0 Å². The summed E-state index contributed by atoms with van der Waals surface area (Å²) in [5, 5.41) is 0. The highest BCUT2D eigenvalue weighted by Crippen LogP contribution is 2.34. The summed E-state index contributed by atoms with van der Waals surface area (Å²) in [7, 11) is 2.99. The molecule has 26 heavy (non-hydrogen) atoms. The molecule has 0 radical (unpaired) electrons. The van der Waals surface area contributed by atoms with Crippen molar-refractivity contribution in [3.05, 3.63) is 71.8 Å². The Morgan fingerprint density at radius 3 is 2.38 bits per heavy atom. The average molecular weight is 355 g/mol. The summed E-state index contributed by atoms with van der Waals surface area (Å²) in [6.45, 7) is 3.70. The van der Waals surface area contributed by atoms with Crippen LogP contribution in [-0.4, -0.2) is 26.1 Å². The number of carbonyl (C=O) groups excluding carboxylic acids is 2. The molecule has 0 aliphatic heterocycles. The van der Waals surface area contributed by atoms with Gasteiger partial charge < -0.3 is 19.9 Å². The lowest BCUT2D eigenvalue weighted by molar-refractivity contribution is -0.127. The molecule has 136 valence electrons. The Labute approximate surface area is 152 Å². The molecule has 0 aliphatic rings. The summed E-state index contributed by atoms with van der Waals surface area (Å²) in [6, 6.07) is 11.7. The first-order valence-electron chi connectivity index (χ1n) is 7.92. The zero-order valence-corrected chi connectivity index (χ0v) is 14.7. The van der Waals surface area contributed by atoms with Crippen LogP contribution in [0.2, 0.25) is 0 Å². The van der Waals surface area contributed by atoms with E-state index in [1.165, 1.54) is 20.3 Å². The SMILES string of the molecule is C=CCc1cc(C(=O)O[C@H](C(N)=O)c2ccccc2)cc(OC)c1OC. The van der Waals surface area contributed by atoms with Crippen molar-refractivity contribution in [2.24, 2.45) is 5.73 Å². The summed E-state index contributed by atoms with van der Waals surface area (Å²) in [5.41, 5.74) is 6.84. The van der Waals surface area contributed by atoms with Crippen LogP contribution in [0.25, 0.3) is 0 Å². The van der Waals surface area contributed by atoms with E-state index in [2.05, 4.69) is 6.58 Å². The number of ether oxygens (including phenoxy) is 3. The zero-order chi connectivity index (χ0) is 19.1.